The van der Waals surface area contributed by atoms with E-state index in [2.05, 4.69) is 19.2 Å². The molecule has 2 aliphatic heterocycles. The van der Waals surface area contributed by atoms with Crippen LogP contribution in [0, 0.1) is 11.8 Å². The zero-order chi connectivity index (χ0) is 13.3. The van der Waals surface area contributed by atoms with E-state index >= 15 is 0 Å². The summed E-state index contributed by atoms with van der Waals surface area (Å²) in [6.45, 7) is 7.09. The molecule has 0 amide bonds. The molecule has 104 valence electrons. The molecule has 4 atom stereocenters. The van der Waals surface area contributed by atoms with Crippen LogP contribution < -0.4 is 11.1 Å². The van der Waals surface area contributed by atoms with Gasteiger partial charge in [-0.05, 0) is 39.5 Å². The molecule has 5 nitrogen and oxygen atoms in total. The number of carbonyl (C=O) groups excluding carboxylic acids is 1. The van der Waals surface area contributed by atoms with Crippen molar-refractivity contribution < 1.29 is 14.3 Å². The van der Waals surface area contributed by atoms with Gasteiger partial charge in [0.05, 0.1) is 30.9 Å². The van der Waals surface area contributed by atoms with E-state index in [0.29, 0.717) is 25.2 Å². The number of esters is 1. The van der Waals surface area contributed by atoms with Crippen molar-refractivity contribution in [3.05, 3.63) is 0 Å². The van der Waals surface area contributed by atoms with Gasteiger partial charge in [-0.25, -0.2) is 0 Å². The second-order valence-electron chi connectivity index (χ2n) is 5.93. The third kappa shape index (κ3) is 2.84. The molecule has 0 aromatic heterocycles. The van der Waals surface area contributed by atoms with Crippen LogP contribution in [0.4, 0.5) is 0 Å². The quantitative estimate of drug-likeness (QED) is 0.709. The Balaban J connectivity index is 2.00. The van der Waals surface area contributed by atoms with Gasteiger partial charge < -0.3 is 15.2 Å². The Morgan fingerprint density at radius 1 is 1.56 bits per heavy atom. The van der Waals surface area contributed by atoms with Gasteiger partial charge in [0.2, 0.25) is 0 Å². The van der Waals surface area contributed by atoms with Crippen molar-refractivity contribution >= 4 is 5.97 Å². The number of ether oxygens (including phenoxy) is 2. The van der Waals surface area contributed by atoms with E-state index in [0.717, 1.165) is 12.8 Å². The number of carbonyl (C=O) groups is 1. The molecule has 2 aliphatic rings. The summed E-state index contributed by atoms with van der Waals surface area (Å²) in [5, 5.41) is 3.36. The van der Waals surface area contributed by atoms with Crippen molar-refractivity contribution in [3.8, 4) is 0 Å². The highest BCUT2D eigenvalue weighted by Crippen LogP contribution is 2.35. The van der Waals surface area contributed by atoms with Crippen molar-refractivity contribution in [1.82, 2.24) is 5.32 Å². The maximum atomic E-state index is 11.8. The van der Waals surface area contributed by atoms with Gasteiger partial charge in [-0.2, -0.15) is 0 Å². The fourth-order valence-electron chi connectivity index (χ4n) is 2.96. The summed E-state index contributed by atoms with van der Waals surface area (Å²) < 4.78 is 10.9. The van der Waals surface area contributed by atoms with Crippen LogP contribution in [0.25, 0.3) is 0 Å². The minimum absolute atomic E-state index is 0.106. The third-order valence-corrected chi connectivity index (χ3v) is 3.95. The molecule has 4 unspecified atom stereocenters. The maximum Gasteiger partial charge on any atom is 0.311 e. The van der Waals surface area contributed by atoms with Crippen LogP contribution in [0.5, 0.6) is 0 Å². The first-order valence-electron chi connectivity index (χ1n) is 6.75. The van der Waals surface area contributed by atoms with Gasteiger partial charge in [-0.1, -0.05) is 0 Å². The van der Waals surface area contributed by atoms with Gasteiger partial charge in [-0.3, -0.25) is 10.1 Å². The highest BCUT2D eigenvalue weighted by atomic mass is 16.5. The molecule has 0 radical (unpaired) electrons. The lowest BCUT2D eigenvalue weighted by Gasteiger charge is -2.47. The first-order valence-corrected chi connectivity index (χ1v) is 6.75. The number of nitrogens with one attached hydrogen (secondary N) is 1. The molecule has 0 aromatic rings. The summed E-state index contributed by atoms with van der Waals surface area (Å²) in [5.74, 6) is -0.0935. The average molecular weight is 256 g/mol. The molecule has 2 fully saturated rings. The molecule has 2 heterocycles. The van der Waals surface area contributed by atoms with Crippen molar-refractivity contribution in [2.24, 2.45) is 17.6 Å². The maximum absolute atomic E-state index is 11.8. The van der Waals surface area contributed by atoms with E-state index in [4.69, 9.17) is 15.2 Å². The number of piperidine rings is 1. The van der Waals surface area contributed by atoms with Crippen LogP contribution in [0.15, 0.2) is 0 Å². The highest BCUT2D eigenvalue weighted by molar-refractivity contribution is 5.73. The largest absolute Gasteiger partial charge is 0.466 e. The topological polar surface area (TPSA) is 73.6 Å². The zero-order valence-electron chi connectivity index (χ0n) is 11.4. The highest BCUT2D eigenvalue weighted by Gasteiger charge is 2.44. The predicted molar refractivity (Wildman–Crippen MR) is 67.8 cm³/mol. The van der Waals surface area contributed by atoms with E-state index in [1.807, 2.05) is 6.92 Å². The lowest BCUT2D eigenvalue weighted by Crippen LogP contribution is -2.62. The standard InChI is InChI=1S/C13H24N2O3/c1-4-17-12(16)9-5-8-7-18-13(2,3)6-10(8)15-11(9)14/h8-11,15H,4-7,14H2,1-3H3. The molecule has 3 N–H and O–H groups in total. The number of nitrogens with two attached hydrogens (primary N) is 1. The Bertz CT molecular complexity index is 319. The Hall–Kier alpha value is -0.650. The lowest BCUT2D eigenvalue weighted by atomic mass is 9.77. The molecule has 0 spiro atoms. The minimum atomic E-state index is -0.306. The van der Waals surface area contributed by atoms with Gasteiger partial charge in [0.25, 0.3) is 0 Å². The first-order chi connectivity index (χ1) is 8.43. The fraction of sp³-hybridized carbons (Fsp3) is 0.923. The summed E-state index contributed by atoms with van der Waals surface area (Å²) in [6.07, 6.45) is 1.38. The molecule has 0 bridgehead atoms. The summed E-state index contributed by atoms with van der Waals surface area (Å²) in [6, 6.07) is 0.342. The molecule has 2 saturated heterocycles. The van der Waals surface area contributed by atoms with Gasteiger partial charge in [0, 0.05) is 6.04 Å². The average Bonchev–Trinajstić information content (AvgIpc) is 2.27. The van der Waals surface area contributed by atoms with Gasteiger partial charge in [0.15, 0.2) is 0 Å². The van der Waals surface area contributed by atoms with Gasteiger partial charge in [-0.15, -0.1) is 0 Å². The van der Waals surface area contributed by atoms with Crippen molar-refractivity contribution in [2.45, 2.75) is 51.4 Å². The summed E-state index contributed by atoms with van der Waals surface area (Å²) >= 11 is 0. The molecule has 0 aliphatic carbocycles. The smallest absolute Gasteiger partial charge is 0.311 e. The summed E-state index contributed by atoms with van der Waals surface area (Å²) in [5.41, 5.74) is 5.95. The summed E-state index contributed by atoms with van der Waals surface area (Å²) in [4.78, 5) is 11.8. The molecule has 2 rings (SSSR count). The van der Waals surface area contributed by atoms with Crippen molar-refractivity contribution in [3.63, 3.8) is 0 Å². The molecular weight excluding hydrogens is 232 g/mol. The Kier molecular flexibility index (Phi) is 3.94. The van der Waals surface area contributed by atoms with E-state index in [1.54, 1.807) is 0 Å². The minimum Gasteiger partial charge on any atom is -0.466 e. The van der Waals surface area contributed by atoms with E-state index < -0.39 is 0 Å². The molecule has 18 heavy (non-hydrogen) atoms. The zero-order valence-corrected chi connectivity index (χ0v) is 11.4. The van der Waals surface area contributed by atoms with Crippen LogP contribution >= 0.6 is 0 Å². The molecule has 5 heteroatoms. The second kappa shape index (κ2) is 5.15. The van der Waals surface area contributed by atoms with E-state index in [-0.39, 0.29) is 23.7 Å². The van der Waals surface area contributed by atoms with Crippen molar-refractivity contribution in [2.75, 3.05) is 13.2 Å². The number of rotatable bonds is 2. The van der Waals surface area contributed by atoms with E-state index in [1.165, 1.54) is 0 Å². The SMILES string of the molecule is CCOC(=O)C1CC2COC(C)(C)CC2NC1N. The molecular formula is C13H24N2O3. The Labute approximate surface area is 108 Å². The monoisotopic (exact) mass is 256 g/mol. The Morgan fingerprint density at radius 2 is 2.28 bits per heavy atom. The lowest BCUT2D eigenvalue weighted by molar-refractivity contribution is -0.155. The molecule has 0 saturated carbocycles. The number of hydrogen-bond acceptors (Lipinski definition) is 5. The number of fused-ring (bicyclic) bond motifs is 1. The van der Waals surface area contributed by atoms with Crippen LogP contribution in [0.1, 0.15) is 33.6 Å². The second-order valence-corrected chi connectivity index (χ2v) is 5.93. The van der Waals surface area contributed by atoms with E-state index in [9.17, 15) is 4.79 Å². The molecule has 0 aromatic carbocycles. The fourth-order valence-corrected chi connectivity index (χ4v) is 2.96. The predicted octanol–water partition coefficient (Wildman–Crippen LogP) is 0.628. The van der Waals surface area contributed by atoms with Gasteiger partial charge in [0.1, 0.15) is 0 Å². The van der Waals surface area contributed by atoms with Crippen LogP contribution in [0.2, 0.25) is 0 Å². The van der Waals surface area contributed by atoms with Crippen molar-refractivity contribution in [1.29, 1.82) is 0 Å². The van der Waals surface area contributed by atoms with Crippen LogP contribution in [-0.2, 0) is 14.3 Å². The third-order valence-electron chi connectivity index (χ3n) is 3.95. The van der Waals surface area contributed by atoms with Crippen LogP contribution in [-0.4, -0.2) is 37.0 Å². The Morgan fingerprint density at radius 3 is 2.94 bits per heavy atom. The number of hydrogen-bond donors (Lipinski definition) is 2. The van der Waals surface area contributed by atoms with Gasteiger partial charge >= 0.3 is 5.97 Å². The van der Waals surface area contributed by atoms with Crippen LogP contribution in [0.3, 0.4) is 0 Å². The first kappa shape index (κ1) is 13.8. The normalized spacial score (nSPS) is 38.9. The summed E-state index contributed by atoms with van der Waals surface area (Å²) in [7, 11) is 0.